The monoisotopic (exact) mass is 2110 g/mol. The lowest BCUT2D eigenvalue weighted by molar-refractivity contribution is 2.37. The summed E-state index contributed by atoms with van der Waals surface area (Å²) in [6.45, 7) is 0. The van der Waals surface area contributed by atoms with Crippen LogP contribution >= 0.6 is 318 Å². The minimum absolute atomic E-state index is 0. The van der Waals surface area contributed by atoms with Crippen LogP contribution in [-0.4, -0.2) is 338 Å². The normalized spacial score (nSPS) is 4.50. The standard InChI is InChI=1S/27C2H6S.27CH4/c27*1-3-2;;;;;;;;;;;;;;;;;;;;;;;;;;;/h27*1-2H3;27*1H4. The lowest BCUT2D eigenvalue weighted by Crippen LogP contribution is -1.25. The van der Waals surface area contributed by atoms with Crippen LogP contribution in [0.4, 0.5) is 0 Å². The highest BCUT2D eigenvalue weighted by atomic mass is 32.2. The second-order valence-electron chi connectivity index (χ2n) is 11.0. The Morgan fingerprint density at radius 1 is 0.0463 bits per heavy atom. The molecule has 756 valence electrons. The van der Waals surface area contributed by atoms with Crippen molar-refractivity contribution in [2.75, 3.05) is 338 Å². The zero-order valence-corrected chi connectivity index (χ0v) is 87.1. The molecule has 0 aliphatic heterocycles. The summed E-state index contributed by atoms with van der Waals surface area (Å²) in [5, 5.41) is 0. The summed E-state index contributed by atoms with van der Waals surface area (Å²) in [4.78, 5) is 0. The van der Waals surface area contributed by atoms with E-state index in [2.05, 4.69) is 0 Å². The van der Waals surface area contributed by atoms with Gasteiger partial charge in [0.2, 0.25) is 0 Å². The van der Waals surface area contributed by atoms with Gasteiger partial charge in [-0.3, -0.25) is 0 Å². The van der Waals surface area contributed by atoms with Gasteiger partial charge in [-0.2, -0.15) is 318 Å². The first-order chi connectivity index (χ1) is 38.2. The molecule has 0 spiro atoms. The Kier molecular flexibility index (Phi) is 4280. The van der Waals surface area contributed by atoms with Crippen LogP contribution in [0.1, 0.15) is 201 Å². The molecule has 0 atom stereocenters. The molecule has 0 saturated heterocycles. The molecular weight excluding hydrogens is 1840 g/mol. The third kappa shape index (κ3) is 16900. The maximum absolute atomic E-state index is 2.04. The van der Waals surface area contributed by atoms with Gasteiger partial charge < -0.3 is 0 Å². The minimum Gasteiger partial charge on any atom is -0.169 e. The van der Waals surface area contributed by atoms with E-state index < -0.39 is 0 Å². The molecule has 0 aliphatic rings. The van der Waals surface area contributed by atoms with Crippen molar-refractivity contribution in [2.24, 2.45) is 0 Å². The van der Waals surface area contributed by atoms with Gasteiger partial charge in [0, 0.05) is 0 Å². The summed E-state index contributed by atoms with van der Waals surface area (Å²) in [6.07, 6.45) is 110. The van der Waals surface area contributed by atoms with E-state index in [1.807, 2.05) is 338 Å². The fraction of sp³-hybridized carbons (Fsp3) is 1.00. The number of hydrogen-bond acceptors (Lipinski definition) is 27. The first-order valence-electron chi connectivity index (χ1n) is 22.0. The summed E-state index contributed by atoms with van der Waals surface area (Å²) in [5.74, 6) is 0. The lowest BCUT2D eigenvalue weighted by atomic mass is 11.9. The van der Waals surface area contributed by atoms with E-state index in [-0.39, 0.29) is 201 Å². The molecule has 0 radical (unpaired) electrons. The van der Waals surface area contributed by atoms with Gasteiger partial charge in [-0.15, -0.1) is 0 Å². The largest absolute Gasteiger partial charge is 0.169 e. The van der Waals surface area contributed by atoms with Crippen molar-refractivity contribution in [1.29, 1.82) is 0 Å². The molecule has 0 aromatic heterocycles. The topological polar surface area (TPSA) is 0 Å². The molecule has 0 N–H and O–H groups in total. The molecule has 0 bridgehead atoms. The van der Waals surface area contributed by atoms with Gasteiger partial charge >= 0.3 is 0 Å². The molecule has 0 unspecified atom stereocenters. The Bertz CT molecular complexity index is 216. The highest BCUT2D eigenvalue weighted by Crippen LogP contribution is 1.77. The molecule has 0 aromatic carbocycles. The molecule has 0 saturated carbocycles. The highest BCUT2D eigenvalue weighted by Gasteiger charge is 1.40. The van der Waals surface area contributed by atoms with Crippen LogP contribution in [0, 0.1) is 0 Å². The summed E-state index contributed by atoms with van der Waals surface area (Å²) in [7, 11) is 0. The average molecular weight is 2110 g/mol. The van der Waals surface area contributed by atoms with Crippen LogP contribution < -0.4 is 0 Å². The van der Waals surface area contributed by atoms with Crippen molar-refractivity contribution in [3.8, 4) is 0 Å². The third-order valence-electron chi connectivity index (χ3n) is 0. The summed E-state index contributed by atoms with van der Waals surface area (Å²) >= 11 is 47.2. The Hall–Kier alpha value is 9.45. The lowest BCUT2D eigenvalue weighted by Gasteiger charge is -1.51. The molecule has 0 heterocycles. The van der Waals surface area contributed by atoms with Crippen LogP contribution in [0.5, 0.6) is 0 Å². The van der Waals surface area contributed by atoms with Gasteiger partial charge in [-0.1, -0.05) is 201 Å². The third-order valence-corrected chi connectivity index (χ3v) is 0. The fourth-order valence-electron chi connectivity index (χ4n) is 0. The van der Waals surface area contributed by atoms with E-state index in [1.54, 1.807) is 318 Å². The van der Waals surface area contributed by atoms with Crippen LogP contribution in [0.2, 0.25) is 0 Å². The Labute approximate surface area is 845 Å². The molecule has 0 aliphatic carbocycles. The maximum Gasteiger partial charge on any atom is -0.0187 e. The van der Waals surface area contributed by atoms with E-state index in [1.165, 1.54) is 0 Å². The number of thioether (sulfide) groups is 27. The summed E-state index contributed by atoms with van der Waals surface area (Å²) < 4.78 is 0. The predicted octanol–water partition coefficient (Wildman–Crippen LogP) is 43.6. The van der Waals surface area contributed by atoms with Crippen molar-refractivity contribution < 1.29 is 0 Å². The van der Waals surface area contributed by atoms with Crippen molar-refractivity contribution >= 4 is 318 Å². The Morgan fingerprint density at radius 2 is 0.0463 bits per heavy atom. The second kappa shape index (κ2) is 1170. The predicted molar refractivity (Wildman–Crippen MR) is 707 cm³/mol. The minimum atomic E-state index is 0. The zero-order valence-electron chi connectivity index (χ0n) is 65.0. The van der Waals surface area contributed by atoms with Gasteiger partial charge in [-0.25, -0.2) is 0 Å². The molecule has 0 fully saturated rings. The molecule has 27 heteroatoms. The van der Waals surface area contributed by atoms with E-state index in [0.717, 1.165) is 0 Å². The van der Waals surface area contributed by atoms with Crippen LogP contribution in [0.25, 0.3) is 0 Å². The molecule has 0 rings (SSSR count). The van der Waals surface area contributed by atoms with Crippen LogP contribution in [0.15, 0.2) is 0 Å². The van der Waals surface area contributed by atoms with Gasteiger partial charge in [0.25, 0.3) is 0 Å². The van der Waals surface area contributed by atoms with Crippen molar-refractivity contribution in [2.45, 2.75) is 201 Å². The van der Waals surface area contributed by atoms with E-state index in [0.29, 0.717) is 0 Å². The van der Waals surface area contributed by atoms with E-state index in [4.69, 9.17) is 0 Å². The van der Waals surface area contributed by atoms with Crippen LogP contribution in [-0.2, 0) is 0 Å². The quantitative estimate of drug-likeness (QED) is 0.226. The van der Waals surface area contributed by atoms with Gasteiger partial charge in [0.15, 0.2) is 0 Å². The maximum atomic E-state index is 2.04. The van der Waals surface area contributed by atoms with Gasteiger partial charge in [0.1, 0.15) is 0 Å². The number of hydrogen-bond donors (Lipinski definition) is 0. The number of rotatable bonds is 0. The van der Waals surface area contributed by atoms with Gasteiger partial charge in [0.05, 0.1) is 0 Å². The smallest absolute Gasteiger partial charge is 0.0187 e. The second-order valence-corrected chi connectivity index (χ2v) is 33.1. The highest BCUT2D eigenvalue weighted by molar-refractivity contribution is 8.02. The van der Waals surface area contributed by atoms with E-state index in [9.17, 15) is 0 Å². The molecule has 108 heavy (non-hydrogen) atoms. The van der Waals surface area contributed by atoms with Crippen molar-refractivity contribution in [3.05, 3.63) is 0 Å². The van der Waals surface area contributed by atoms with E-state index >= 15 is 0 Å². The summed E-state index contributed by atoms with van der Waals surface area (Å²) in [6, 6.07) is 0. The van der Waals surface area contributed by atoms with Crippen molar-refractivity contribution in [1.82, 2.24) is 0 Å². The molecule has 0 aromatic rings. The first kappa shape index (κ1) is 396. The molecule has 0 nitrogen and oxygen atoms in total. The molecule has 0 amide bonds. The fourth-order valence-corrected chi connectivity index (χ4v) is 0. The van der Waals surface area contributed by atoms with Crippen LogP contribution in [0.3, 0.4) is 0 Å². The SMILES string of the molecule is C.C.C.C.C.C.C.C.C.C.C.C.C.C.C.C.C.C.C.C.C.C.C.C.C.C.C.CSC.CSC.CSC.CSC.CSC.CSC.CSC.CSC.CSC.CSC.CSC.CSC.CSC.CSC.CSC.CSC.CSC.CSC.CSC.CSC.CSC.CSC.CSC.CSC.CSC.CSC.CSC. The Morgan fingerprint density at radius 3 is 0.0463 bits per heavy atom. The molecular formula is C81H270S27. The first-order valence-corrected chi connectivity index (χ1v) is 66.1. The zero-order chi connectivity index (χ0) is 73.1. The Balaban J connectivity index is -0.00000000534. The average Bonchev–Trinajstić information content (AvgIpc) is 3.34. The van der Waals surface area contributed by atoms with Gasteiger partial charge in [-0.05, 0) is 338 Å². The summed E-state index contributed by atoms with van der Waals surface area (Å²) in [5.41, 5.74) is 0. The van der Waals surface area contributed by atoms with Crippen molar-refractivity contribution in [3.63, 3.8) is 0 Å².